The Morgan fingerprint density at radius 1 is 1.20 bits per heavy atom. The third kappa shape index (κ3) is 7.63. The largest absolute Gasteiger partial charge is 0.352 e. The third-order valence-electron chi connectivity index (χ3n) is 4.49. The van der Waals surface area contributed by atoms with Crippen LogP contribution in [0.4, 0.5) is 0 Å². The number of aryl methyl sites for hydroxylation is 1. The summed E-state index contributed by atoms with van der Waals surface area (Å²) in [7, 11) is 3.72. The molecule has 0 radical (unpaired) electrons. The maximum atomic E-state index is 12.1. The summed E-state index contributed by atoms with van der Waals surface area (Å²) in [6.45, 7) is 3.10. The van der Waals surface area contributed by atoms with Crippen LogP contribution in [0.5, 0.6) is 0 Å². The van der Waals surface area contributed by atoms with Gasteiger partial charge in [0, 0.05) is 26.7 Å². The zero-order valence-electron chi connectivity index (χ0n) is 15.5. The summed E-state index contributed by atoms with van der Waals surface area (Å²) in [5.41, 5.74) is 2.47. The van der Waals surface area contributed by atoms with Crippen molar-refractivity contribution in [3.8, 4) is 0 Å². The number of nitrogens with zero attached hydrogens (tertiary/aromatic N) is 2. The van der Waals surface area contributed by atoms with E-state index in [1.54, 1.807) is 7.05 Å². The molecule has 140 valence electrons. The van der Waals surface area contributed by atoms with Gasteiger partial charge in [-0.2, -0.15) is 0 Å². The van der Waals surface area contributed by atoms with Crippen LogP contribution in [0.2, 0.25) is 0 Å². The van der Waals surface area contributed by atoms with Crippen LogP contribution in [0, 0.1) is 6.92 Å². The predicted octanol–water partition coefficient (Wildman–Crippen LogP) is 3.07. The number of nitrogens with one attached hydrogen (secondary N) is 2. The summed E-state index contributed by atoms with van der Waals surface area (Å²) in [5, 5.41) is 6.27. The average Bonchev–Trinajstić information content (AvgIpc) is 2.58. The van der Waals surface area contributed by atoms with Crippen LogP contribution >= 0.6 is 24.0 Å². The van der Waals surface area contributed by atoms with Crippen LogP contribution in [-0.4, -0.2) is 43.4 Å². The third-order valence-corrected chi connectivity index (χ3v) is 4.49. The molecule has 0 aliphatic heterocycles. The average molecular weight is 458 g/mol. The van der Waals surface area contributed by atoms with Crippen LogP contribution in [0.25, 0.3) is 0 Å². The van der Waals surface area contributed by atoms with Gasteiger partial charge in [0.15, 0.2) is 5.96 Å². The van der Waals surface area contributed by atoms with Crippen molar-refractivity contribution in [3.63, 3.8) is 0 Å². The highest BCUT2D eigenvalue weighted by Gasteiger charge is 2.16. The Balaban J connectivity index is 0.00000312. The van der Waals surface area contributed by atoms with E-state index >= 15 is 0 Å². The van der Waals surface area contributed by atoms with Gasteiger partial charge in [0.05, 0.1) is 6.54 Å². The summed E-state index contributed by atoms with van der Waals surface area (Å²) < 4.78 is 0. The molecule has 0 heterocycles. The lowest BCUT2D eigenvalue weighted by atomic mass is 9.95. The second-order valence-electron chi connectivity index (χ2n) is 6.64. The standard InChI is InChI=1S/C19H30N4O.HI/c1-15-9-11-16(12-10-15)14-23(3)19(20-2)21-13-18(24)22-17-7-5-4-6-8-17;/h9-12,17H,4-8,13-14H2,1-3H3,(H,20,21)(H,22,24);1H. The van der Waals surface area contributed by atoms with E-state index in [2.05, 4.69) is 46.8 Å². The number of amides is 1. The molecule has 0 unspecified atom stereocenters. The Morgan fingerprint density at radius 2 is 1.84 bits per heavy atom. The van der Waals surface area contributed by atoms with Gasteiger partial charge < -0.3 is 15.5 Å². The molecule has 0 aromatic heterocycles. The molecule has 0 bridgehead atoms. The van der Waals surface area contributed by atoms with Crippen LogP contribution in [0.1, 0.15) is 43.2 Å². The maximum absolute atomic E-state index is 12.1. The first-order valence-electron chi connectivity index (χ1n) is 8.85. The molecule has 25 heavy (non-hydrogen) atoms. The fraction of sp³-hybridized carbons (Fsp3) is 0.579. The van der Waals surface area contributed by atoms with Gasteiger partial charge in [-0.3, -0.25) is 9.79 Å². The Morgan fingerprint density at radius 3 is 2.44 bits per heavy atom. The summed E-state index contributed by atoms with van der Waals surface area (Å²) >= 11 is 0. The molecule has 1 saturated carbocycles. The van der Waals surface area contributed by atoms with E-state index in [4.69, 9.17) is 0 Å². The Bertz CT molecular complexity index is 553. The number of carbonyl (C=O) groups excluding carboxylic acids is 1. The van der Waals surface area contributed by atoms with Gasteiger partial charge in [-0.05, 0) is 25.3 Å². The second-order valence-corrected chi connectivity index (χ2v) is 6.64. The van der Waals surface area contributed by atoms with E-state index in [1.165, 1.54) is 30.4 Å². The van der Waals surface area contributed by atoms with Crippen molar-refractivity contribution in [2.24, 2.45) is 4.99 Å². The Kier molecular flexibility index (Phi) is 9.85. The smallest absolute Gasteiger partial charge is 0.239 e. The summed E-state index contributed by atoms with van der Waals surface area (Å²) in [5.74, 6) is 0.779. The summed E-state index contributed by atoms with van der Waals surface area (Å²) in [4.78, 5) is 18.4. The van der Waals surface area contributed by atoms with E-state index in [1.807, 2.05) is 11.9 Å². The molecular formula is C19H31IN4O. The number of aliphatic imine (C=N–C) groups is 1. The molecule has 2 N–H and O–H groups in total. The summed E-state index contributed by atoms with van der Waals surface area (Å²) in [6.07, 6.45) is 5.95. The minimum absolute atomic E-state index is 0. The molecule has 1 aromatic rings. The minimum atomic E-state index is 0. The molecule has 1 amide bonds. The number of carbonyl (C=O) groups is 1. The quantitative estimate of drug-likeness (QED) is 0.405. The molecular weight excluding hydrogens is 427 g/mol. The molecule has 1 aromatic carbocycles. The van der Waals surface area contributed by atoms with Crippen molar-refractivity contribution >= 4 is 35.8 Å². The van der Waals surface area contributed by atoms with Gasteiger partial charge in [0.25, 0.3) is 0 Å². The first-order chi connectivity index (χ1) is 11.6. The lowest BCUT2D eigenvalue weighted by molar-refractivity contribution is -0.120. The zero-order chi connectivity index (χ0) is 17.4. The number of guanidine groups is 1. The van der Waals surface area contributed by atoms with Crippen molar-refractivity contribution in [2.45, 2.75) is 51.6 Å². The van der Waals surface area contributed by atoms with Gasteiger partial charge in [-0.15, -0.1) is 24.0 Å². The topological polar surface area (TPSA) is 56.7 Å². The Labute approximate surface area is 168 Å². The van der Waals surface area contributed by atoms with Crippen molar-refractivity contribution in [1.29, 1.82) is 0 Å². The first kappa shape index (κ1) is 21.7. The molecule has 0 saturated heterocycles. The zero-order valence-corrected chi connectivity index (χ0v) is 17.9. The van der Waals surface area contributed by atoms with E-state index in [0.717, 1.165) is 25.3 Å². The number of halogens is 1. The van der Waals surface area contributed by atoms with Gasteiger partial charge in [-0.25, -0.2) is 0 Å². The lowest BCUT2D eigenvalue weighted by Crippen LogP contribution is -2.46. The summed E-state index contributed by atoms with van der Waals surface area (Å²) in [6, 6.07) is 8.80. The maximum Gasteiger partial charge on any atom is 0.239 e. The fourth-order valence-electron chi connectivity index (χ4n) is 3.11. The minimum Gasteiger partial charge on any atom is -0.352 e. The Hall–Kier alpha value is -1.31. The normalized spacial score (nSPS) is 15.2. The van der Waals surface area contributed by atoms with Crippen molar-refractivity contribution in [2.75, 3.05) is 20.6 Å². The molecule has 1 fully saturated rings. The van der Waals surface area contributed by atoms with Gasteiger partial charge in [0.2, 0.25) is 5.91 Å². The molecule has 1 aliphatic rings. The van der Waals surface area contributed by atoms with Crippen molar-refractivity contribution < 1.29 is 4.79 Å². The molecule has 0 atom stereocenters. The number of rotatable bonds is 5. The molecule has 1 aliphatic carbocycles. The second kappa shape index (κ2) is 11.3. The van der Waals surface area contributed by atoms with E-state index in [-0.39, 0.29) is 36.4 Å². The molecule has 0 spiro atoms. The highest BCUT2D eigenvalue weighted by atomic mass is 127. The van der Waals surface area contributed by atoms with E-state index in [0.29, 0.717) is 6.04 Å². The van der Waals surface area contributed by atoms with Crippen LogP contribution in [-0.2, 0) is 11.3 Å². The molecule has 5 nitrogen and oxygen atoms in total. The highest BCUT2D eigenvalue weighted by molar-refractivity contribution is 14.0. The van der Waals surface area contributed by atoms with Gasteiger partial charge >= 0.3 is 0 Å². The fourth-order valence-corrected chi connectivity index (χ4v) is 3.11. The van der Waals surface area contributed by atoms with E-state index < -0.39 is 0 Å². The number of hydrogen-bond acceptors (Lipinski definition) is 2. The predicted molar refractivity (Wildman–Crippen MR) is 114 cm³/mol. The molecule has 6 heteroatoms. The van der Waals surface area contributed by atoms with E-state index in [9.17, 15) is 4.79 Å². The first-order valence-corrected chi connectivity index (χ1v) is 8.85. The van der Waals surface area contributed by atoms with Crippen LogP contribution < -0.4 is 10.6 Å². The van der Waals surface area contributed by atoms with Gasteiger partial charge in [0.1, 0.15) is 0 Å². The van der Waals surface area contributed by atoms with Gasteiger partial charge in [-0.1, -0.05) is 49.1 Å². The molecule has 2 rings (SSSR count). The monoisotopic (exact) mass is 458 g/mol. The number of benzene rings is 1. The van der Waals surface area contributed by atoms with Crippen molar-refractivity contribution in [1.82, 2.24) is 15.5 Å². The highest BCUT2D eigenvalue weighted by Crippen LogP contribution is 2.17. The number of hydrogen-bond donors (Lipinski definition) is 2. The van der Waals surface area contributed by atoms with Crippen LogP contribution in [0.15, 0.2) is 29.3 Å². The lowest BCUT2D eigenvalue weighted by Gasteiger charge is -2.24. The van der Waals surface area contributed by atoms with Crippen LogP contribution in [0.3, 0.4) is 0 Å². The SMILES string of the molecule is CN=C(NCC(=O)NC1CCCCC1)N(C)Cc1ccc(C)cc1.I. The van der Waals surface area contributed by atoms with Crippen molar-refractivity contribution in [3.05, 3.63) is 35.4 Å².